The van der Waals surface area contributed by atoms with Gasteiger partial charge in [-0.1, -0.05) is 146 Å². The minimum absolute atomic E-state index is 0.0477. The lowest BCUT2D eigenvalue weighted by Gasteiger charge is -2.30. The van der Waals surface area contributed by atoms with Crippen molar-refractivity contribution >= 4 is 151 Å². The highest BCUT2D eigenvalue weighted by Crippen LogP contribution is 2.51. The standard InChI is InChI=1S/C105H60F18N8/c1-59-89(106)95(112)101(96(113)90(59)107)129-81-31-17-14-28-75(81)78-53-50-72(56-84(78)129)128(70-46-42-68(43-47-70)126(66-38-34-64(35-39-66)124(60-20-6-2-7-21-60)61-22-8-3-9-23-61)73-51-54-79-76-29-15-18-32-82(76)130(85(79)57-73)102-97(114)91(108)87(104(118,119)120)92(109)98(102)115)71-48-44-69(45-49-71)127(67-40-36-65(37-41-67)125(62-24-10-4-11-25-62)63-26-12-5-13-27-63)74-52-55-80-77-30-16-19-33-83(77)131(86(80)58-74)103-99(116)93(110)88(105(121,122)123)94(111)100(103)117/h2-58H,1H3. The lowest BCUT2D eigenvalue weighted by atomic mass is 10.1. The van der Waals surface area contributed by atoms with Crippen LogP contribution in [0.5, 0.6) is 0 Å². The molecule has 0 aliphatic rings. The molecule has 0 aliphatic carbocycles. The summed E-state index contributed by atoms with van der Waals surface area (Å²) in [6, 6.07) is 98.3. The van der Waals surface area contributed by atoms with E-state index in [0.29, 0.717) is 56.3 Å². The molecule has 26 heteroatoms. The first kappa shape index (κ1) is 83.1. The van der Waals surface area contributed by atoms with Gasteiger partial charge in [-0.25, -0.2) is 52.7 Å². The van der Waals surface area contributed by atoms with Crippen LogP contribution in [0.3, 0.4) is 0 Å². The van der Waals surface area contributed by atoms with Crippen molar-refractivity contribution in [1.82, 2.24) is 13.7 Å². The molecule has 0 N–H and O–H groups in total. The summed E-state index contributed by atoms with van der Waals surface area (Å²) >= 11 is 0. The molecular weight excluding hydrogens is 1720 g/mol. The van der Waals surface area contributed by atoms with Crippen molar-refractivity contribution in [2.45, 2.75) is 19.3 Å². The fraction of sp³-hybridized carbons (Fsp3) is 0.0286. The molecule has 0 saturated heterocycles. The smallest absolute Gasteiger partial charge is 0.311 e. The van der Waals surface area contributed by atoms with Crippen molar-refractivity contribution in [2.75, 3.05) is 24.5 Å². The molecule has 646 valence electrons. The number of anilines is 15. The van der Waals surface area contributed by atoms with Gasteiger partial charge in [0.15, 0.2) is 69.8 Å². The lowest BCUT2D eigenvalue weighted by Crippen LogP contribution is -2.18. The number of alkyl halides is 6. The lowest BCUT2D eigenvalue weighted by molar-refractivity contribution is -0.144. The molecule has 0 spiro atoms. The zero-order chi connectivity index (χ0) is 90.9. The van der Waals surface area contributed by atoms with Gasteiger partial charge in [-0.05, 0) is 207 Å². The molecule has 17 aromatic carbocycles. The Kier molecular flexibility index (Phi) is 20.5. The van der Waals surface area contributed by atoms with Gasteiger partial charge in [-0.15, -0.1) is 0 Å². The first-order valence-corrected chi connectivity index (χ1v) is 40.6. The van der Waals surface area contributed by atoms with E-state index in [9.17, 15) is 26.3 Å². The van der Waals surface area contributed by atoms with E-state index in [2.05, 4.69) is 0 Å². The maximum atomic E-state index is 16.9. The van der Waals surface area contributed by atoms with Gasteiger partial charge in [-0.3, -0.25) is 0 Å². The normalized spacial score (nSPS) is 11.9. The molecule has 20 rings (SSSR count). The number of hydrogen-bond acceptors (Lipinski definition) is 5. The first-order valence-electron chi connectivity index (χ1n) is 40.6. The van der Waals surface area contributed by atoms with Crippen molar-refractivity contribution in [3.05, 3.63) is 432 Å². The van der Waals surface area contributed by atoms with Gasteiger partial charge in [0.2, 0.25) is 0 Å². The van der Waals surface area contributed by atoms with Crippen LogP contribution >= 0.6 is 0 Å². The van der Waals surface area contributed by atoms with Gasteiger partial charge in [0.25, 0.3) is 0 Å². The number of fused-ring (bicyclic) bond motifs is 9. The summed E-state index contributed by atoms with van der Waals surface area (Å²) in [5, 5.41) is 1.84. The second kappa shape index (κ2) is 32.3. The largest absolute Gasteiger partial charge is 0.422 e. The Morgan fingerprint density at radius 2 is 0.344 bits per heavy atom. The Morgan fingerprint density at radius 1 is 0.176 bits per heavy atom. The molecule has 3 heterocycles. The van der Waals surface area contributed by atoms with Gasteiger partial charge in [0.1, 0.15) is 28.2 Å². The van der Waals surface area contributed by atoms with Crippen molar-refractivity contribution in [1.29, 1.82) is 0 Å². The highest BCUT2D eigenvalue weighted by Gasteiger charge is 2.45. The molecule has 20 aromatic rings. The second-order valence-corrected chi connectivity index (χ2v) is 30.9. The van der Waals surface area contributed by atoms with E-state index in [1.54, 1.807) is 172 Å². The molecule has 0 saturated carbocycles. The molecule has 0 bridgehead atoms. The van der Waals surface area contributed by atoms with Crippen LogP contribution in [0.4, 0.5) is 164 Å². The Hall–Kier alpha value is -16.1. The summed E-state index contributed by atoms with van der Waals surface area (Å²) in [6.07, 6.45) is -11.7. The quantitative estimate of drug-likeness (QED) is 0.0631. The molecule has 0 atom stereocenters. The van der Waals surface area contributed by atoms with Crippen molar-refractivity contribution in [3.63, 3.8) is 0 Å². The molecule has 0 radical (unpaired) electrons. The highest BCUT2D eigenvalue weighted by molar-refractivity contribution is 6.13. The highest BCUT2D eigenvalue weighted by atomic mass is 19.4. The van der Waals surface area contributed by atoms with Crippen LogP contribution in [-0.4, -0.2) is 13.7 Å². The average Bonchev–Trinajstić information content (AvgIpc) is 1.58. The average molecular weight is 1780 g/mol. The Bertz CT molecular complexity index is 7370. The van der Waals surface area contributed by atoms with Crippen molar-refractivity contribution in [2.24, 2.45) is 0 Å². The third-order valence-electron chi connectivity index (χ3n) is 23.4. The number of para-hydroxylation sites is 7. The SMILES string of the molecule is Cc1c(F)c(F)c(-n2c3ccccc3c3ccc(N(c4ccc(N(c5ccc(N(c6ccccc6)c6ccccc6)cc5)c5ccc6c7ccccc7n(-c7c(F)c(F)c(C(F)(F)F)c(F)c7F)c6c5)cc4)c4ccc(N(c5ccc(N(c6ccccc6)c6ccccc6)cc5)c5ccc6c7ccccc7n(-c7c(F)c(F)c(C(F)(F)F)c(F)c7F)c6c5)cc4)cc32)c(F)c1F. The predicted octanol–water partition coefficient (Wildman–Crippen LogP) is 32.3. The molecular formula is C105H60F18N8. The van der Waals surface area contributed by atoms with Gasteiger partial charge < -0.3 is 38.2 Å². The van der Waals surface area contributed by atoms with Gasteiger partial charge in [0.05, 0.1) is 33.1 Å². The fourth-order valence-electron chi connectivity index (χ4n) is 17.6. The number of aromatic nitrogens is 3. The number of benzene rings is 17. The van der Waals surface area contributed by atoms with Gasteiger partial charge in [0, 0.05) is 123 Å². The van der Waals surface area contributed by atoms with Crippen molar-refractivity contribution < 1.29 is 79.0 Å². The summed E-state index contributed by atoms with van der Waals surface area (Å²) in [7, 11) is 0. The van der Waals surface area contributed by atoms with E-state index >= 15 is 52.7 Å². The van der Waals surface area contributed by atoms with E-state index < -0.39 is 116 Å². The van der Waals surface area contributed by atoms with Crippen LogP contribution in [0, 0.1) is 76.7 Å². The zero-order valence-electron chi connectivity index (χ0n) is 67.8. The number of hydrogen-bond donors (Lipinski definition) is 0. The minimum atomic E-state index is -5.87. The minimum Gasteiger partial charge on any atom is -0.311 e. The number of halogens is 18. The van der Waals surface area contributed by atoms with Crippen LogP contribution in [0.25, 0.3) is 82.5 Å². The first-order chi connectivity index (χ1) is 63.2. The van der Waals surface area contributed by atoms with E-state index in [1.165, 1.54) is 42.5 Å². The Balaban J connectivity index is 0.793. The monoisotopic (exact) mass is 1770 g/mol. The fourth-order valence-corrected chi connectivity index (χ4v) is 17.6. The molecule has 0 amide bonds. The summed E-state index contributed by atoms with van der Waals surface area (Å²) in [6.45, 7) is 0.896. The maximum absolute atomic E-state index is 16.9. The van der Waals surface area contributed by atoms with Crippen LogP contribution in [0.2, 0.25) is 0 Å². The zero-order valence-corrected chi connectivity index (χ0v) is 67.8. The van der Waals surface area contributed by atoms with Crippen LogP contribution in [0.1, 0.15) is 16.7 Å². The molecule has 0 unspecified atom stereocenters. The Morgan fingerprint density at radius 3 is 0.557 bits per heavy atom. The molecule has 131 heavy (non-hydrogen) atoms. The van der Waals surface area contributed by atoms with E-state index in [0.717, 1.165) is 43.4 Å². The second-order valence-electron chi connectivity index (χ2n) is 30.9. The van der Waals surface area contributed by atoms with Crippen LogP contribution in [-0.2, 0) is 12.4 Å². The predicted molar refractivity (Wildman–Crippen MR) is 477 cm³/mol. The van der Waals surface area contributed by atoms with Crippen LogP contribution in [0.15, 0.2) is 346 Å². The van der Waals surface area contributed by atoms with E-state index in [-0.39, 0.29) is 71.7 Å². The summed E-state index contributed by atoms with van der Waals surface area (Å²) in [5.41, 5.74) is -3.42. The summed E-state index contributed by atoms with van der Waals surface area (Å²) < 4.78 is 285. The van der Waals surface area contributed by atoms with E-state index in [1.807, 2.05) is 155 Å². The third kappa shape index (κ3) is 13.9. The van der Waals surface area contributed by atoms with Crippen LogP contribution < -0.4 is 24.5 Å². The third-order valence-corrected chi connectivity index (χ3v) is 23.4. The topological polar surface area (TPSA) is 31.0 Å². The van der Waals surface area contributed by atoms with E-state index in [4.69, 9.17) is 0 Å². The summed E-state index contributed by atoms with van der Waals surface area (Å²) in [4.78, 5) is 9.18. The van der Waals surface area contributed by atoms with Gasteiger partial charge in [-0.2, -0.15) is 26.3 Å². The summed E-state index contributed by atoms with van der Waals surface area (Å²) in [5.74, 6) is -26.8. The number of nitrogens with zero attached hydrogens (tertiary/aromatic N) is 8. The Labute approximate surface area is 732 Å². The molecule has 0 aliphatic heterocycles. The number of rotatable bonds is 18. The van der Waals surface area contributed by atoms with Gasteiger partial charge >= 0.3 is 12.4 Å². The van der Waals surface area contributed by atoms with Crippen molar-refractivity contribution in [3.8, 4) is 17.1 Å². The maximum Gasteiger partial charge on any atom is 0.422 e. The molecule has 8 nitrogen and oxygen atoms in total. The molecule has 3 aromatic heterocycles. The molecule has 0 fully saturated rings.